The summed E-state index contributed by atoms with van der Waals surface area (Å²) in [6.45, 7) is 10.6. The van der Waals surface area contributed by atoms with E-state index in [2.05, 4.69) is 26.2 Å². The molecule has 0 bridgehead atoms. The third kappa shape index (κ3) is 6.50. The lowest BCUT2D eigenvalue weighted by molar-refractivity contribution is 0.373. The molecule has 0 atom stereocenters. The summed E-state index contributed by atoms with van der Waals surface area (Å²) in [6.07, 6.45) is 4.06. The molecule has 0 heterocycles. The molecule has 0 aliphatic rings. The smallest absolute Gasteiger partial charge is 0.198 e. The molecule has 5 heteroatoms. The summed E-state index contributed by atoms with van der Waals surface area (Å²) in [5.74, 6) is 0.743. The van der Waals surface area contributed by atoms with Crippen LogP contribution in [0.3, 0.4) is 0 Å². The molecule has 0 saturated carbocycles. The fourth-order valence-corrected chi connectivity index (χ4v) is 8.31. The third-order valence-electron chi connectivity index (χ3n) is 3.37. The molecule has 1 aromatic carbocycles. The lowest BCUT2D eigenvalue weighted by Crippen LogP contribution is -2.36. The molecule has 0 aromatic heterocycles. The average Bonchev–Trinajstić information content (AvgIpc) is 2.40. The van der Waals surface area contributed by atoms with E-state index in [1.165, 1.54) is 5.56 Å². The summed E-state index contributed by atoms with van der Waals surface area (Å²) >= 11 is 0. The summed E-state index contributed by atoms with van der Waals surface area (Å²) in [5, 5.41) is 9.60. The average molecular weight is 324 g/mol. The van der Waals surface area contributed by atoms with Crippen LogP contribution in [0.15, 0.2) is 30.9 Å². The second-order valence-electron chi connectivity index (χ2n) is 5.92. The molecule has 0 aliphatic carbocycles. The number of aromatic hydroxyl groups is 1. The number of benzene rings is 1. The van der Waals surface area contributed by atoms with Crippen molar-refractivity contribution >= 4 is 17.4 Å². The van der Waals surface area contributed by atoms with E-state index in [0.717, 1.165) is 24.9 Å². The van der Waals surface area contributed by atoms with Crippen LogP contribution in [0.5, 0.6) is 11.5 Å². The Kier molecular flexibility index (Phi) is 7.21. The topological polar surface area (TPSA) is 38.7 Å². The van der Waals surface area contributed by atoms with Gasteiger partial charge in [0.25, 0.3) is 0 Å². The van der Waals surface area contributed by atoms with Gasteiger partial charge in [-0.05, 0) is 62.3 Å². The molecule has 0 fully saturated rings. The highest BCUT2D eigenvalue weighted by Gasteiger charge is 2.24. The molecule has 0 saturated heterocycles. The van der Waals surface area contributed by atoms with Crippen LogP contribution >= 0.6 is 0 Å². The number of hydrogen-bond acceptors (Lipinski definition) is 3. The zero-order valence-electron chi connectivity index (χ0n) is 13.6. The maximum Gasteiger partial charge on any atom is 0.198 e. The summed E-state index contributed by atoms with van der Waals surface area (Å²) in [7, 11) is -0.714. The van der Waals surface area contributed by atoms with Crippen LogP contribution in [-0.4, -0.2) is 29.6 Å². The molecule has 1 radical (unpaired) electrons. The maximum absolute atomic E-state index is 9.60. The van der Waals surface area contributed by atoms with E-state index in [1.54, 1.807) is 13.2 Å². The summed E-state index contributed by atoms with van der Waals surface area (Å²) < 4.78 is 11.4. The van der Waals surface area contributed by atoms with E-state index in [-0.39, 0.29) is 5.75 Å². The van der Waals surface area contributed by atoms with Crippen molar-refractivity contribution in [2.45, 2.75) is 44.6 Å². The monoisotopic (exact) mass is 323 g/mol. The number of hydrogen-bond donors (Lipinski definition) is 1. The van der Waals surface area contributed by atoms with Crippen LogP contribution in [0, 0.1) is 0 Å². The Hall–Kier alpha value is -1.05. The van der Waals surface area contributed by atoms with E-state index in [1.807, 2.05) is 18.2 Å². The molecule has 0 aliphatic heterocycles. The Bertz CT molecular complexity index is 461. The summed E-state index contributed by atoms with van der Waals surface area (Å²) in [6, 6.07) is 7.73. The van der Waals surface area contributed by atoms with Crippen LogP contribution < -0.4 is 4.74 Å². The molecule has 1 rings (SSSR count). The Labute approximate surface area is 131 Å². The van der Waals surface area contributed by atoms with Gasteiger partial charge in [0.15, 0.2) is 28.9 Å². The van der Waals surface area contributed by atoms with Crippen LogP contribution in [0.1, 0.15) is 12.0 Å². The van der Waals surface area contributed by atoms with Gasteiger partial charge in [-0.1, -0.05) is 12.1 Å². The molecular formula is C16H27O3Si2. The van der Waals surface area contributed by atoms with Crippen molar-refractivity contribution in [1.82, 2.24) is 0 Å². The third-order valence-corrected chi connectivity index (χ3v) is 9.40. The number of phenolic OH excluding ortho intramolecular Hbond substituents is 1. The van der Waals surface area contributed by atoms with Crippen molar-refractivity contribution in [3.63, 3.8) is 0 Å². The maximum atomic E-state index is 9.60. The van der Waals surface area contributed by atoms with Gasteiger partial charge in [-0.2, -0.15) is 0 Å². The van der Waals surface area contributed by atoms with E-state index in [9.17, 15) is 5.11 Å². The Balaban J connectivity index is 2.46. The van der Waals surface area contributed by atoms with Crippen molar-refractivity contribution < 1.29 is 14.0 Å². The highest BCUT2D eigenvalue weighted by atomic mass is 28.4. The zero-order chi connectivity index (χ0) is 15.9. The fourth-order valence-electron chi connectivity index (χ4n) is 2.36. The molecule has 1 aromatic rings. The van der Waals surface area contributed by atoms with E-state index in [0.29, 0.717) is 5.75 Å². The van der Waals surface area contributed by atoms with Crippen LogP contribution in [0.2, 0.25) is 31.7 Å². The number of ether oxygens (including phenoxy) is 1. The van der Waals surface area contributed by atoms with Crippen LogP contribution in [-0.2, 0) is 10.5 Å². The van der Waals surface area contributed by atoms with Gasteiger partial charge in [-0.3, -0.25) is 0 Å². The molecule has 117 valence electrons. The first-order chi connectivity index (χ1) is 9.88. The van der Waals surface area contributed by atoms with Gasteiger partial charge in [-0.25, -0.2) is 0 Å². The number of rotatable bonds is 9. The van der Waals surface area contributed by atoms with Gasteiger partial charge >= 0.3 is 0 Å². The van der Waals surface area contributed by atoms with Crippen molar-refractivity contribution in [2.75, 3.05) is 7.11 Å². The first kappa shape index (κ1) is 18.0. The lowest BCUT2D eigenvalue weighted by Gasteiger charge is -2.26. The molecule has 1 N–H and O–H groups in total. The van der Waals surface area contributed by atoms with Gasteiger partial charge in [0.05, 0.1) is 7.11 Å². The second kappa shape index (κ2) is 8.41. The first-order valence-corrected chi connectivity index (χ1v) is 12.6. The quantitative estimate of drug-likeness (QED) is 0.542. The SMILES string of the molecule is C=CC[Si](C)O[Si](C)(C)CCCc1ccc(O)c(OC)c1. The minimum Gasteiger partial charge on any atom is -0.504 e. The van der Waals surface area contributed by atoms with Crippen molar-refractivity contribution in [3.8, 4) is 11.5 Å². The van der Waals surface area contributed by atoms with Gasteiger partial charge < -0.3 is 14.0 Å². The van der Waals surface area contributed by atoms with E-state index in [4.69, 9.17) is 8.85 Å². The first-order valence-electron chi connectivity index (χ1n) is 7.36. The van der Waals surface area contributed by atoms with Crippen molar-refractivity contribution in [2.24, 2.45) is 0 Å². The Morgan fingerprint density at radius 2 is 2.10 bits per heavy atom. The second-order valence-corrected chi connectivity index (χ2v) is 12.6. The standard InChI is InChI=1S/C16H27O3Si2/c1-6-11-20(3)19-21(4,5)12-7-8-14-9-10-15(17)16(13-14)18-2/h6,9-10,13,17H,1,7-8,11-12H2,2-5H3. The molecule has 0 spiro atoms. The highest BCUT2D eigenvalue weighted by molar-refractivity contribution is 6.78. The molecule has 0 amide bonds. The van der Waals surface area contributed by atoms with Gasteiger partial charge in [-0.15, -0.1) is 6.58 Å². The molecule has 0 unspecified atom stereocenters. The van der Waals surface area contributed by atoms with Crippen LogP contribution in [0.25, 0.3) is 0 Å². The molecule has 21 heavy (non-hydrogen) atoms. The van der Waals surface area contributed by atoms with Gasteiger partial charge in [0, 0.05) is 0 Å². The summed E-state index contributed by atoms with van der Waals surface area (Å²) in [4.78, 5) is 0. The Morgan fingerprint density at radius 3 is 2.71 bits per heavy atom. The number of phenols is 1. The summed E-state index contributed by atoms with van der Waals surface area (Å²) in [5.41, 5.74) is 1.20. The fraction of sp³-hybridized carbons (Fsp3) is 0.500. The Morgan fingerprint density at radius 1 is 1.38 bits per heavy atom. The molecular weight excluding hydrogens is 296 g/mol. The van der Waals surface area contributed by atoms with E-state index < -0.39 is 17.4 Å². The highest BCUT2D eigenvalue weighted by Crippen LogP contribution is 2.27. The van der Waals surface area contributed by atoms with Crippen molar-refractivity contribution in [3.05, 3.63) is 36.4 Å². The number of aryl methyl sites for hydroxylation is 1. The zero-order valence-corrected chi connectivity index (χ0v) is 15.6. The van der Waals surface area contributed by atoms with Crippen LogP contribution in [0.4, 0.5) is 0 Å². The number of methoxy groups -OCH3 is 1. The minimum absolute atomic E-state index is 0.196. The molecule has 3 nitrogen and oxygen atoms in total. The normalized spacial score (nSPS) is 11.7. The van der Waals surface area contributed by atoms with Gasteiger partial charge in [0.1, 0.15) is 0 Å². The van der Waals surface area contributed by atoms with Gasteiger partial charge in [0.2, 0.25) is 0 Å². The predicted octanol–water partition coefficient (Wildman–Crippen LogP) is 4.36. The predicted molar refractivity (Wildman–Crippen MR) is 93.0 cm³/mol. The van der Waals surface area contributed by atoms with E-state index >= 15 is 0 Å². The lowest BCUT2D eigenvalue weighted by atomic mass is 10.1. The minimum atomic E-state index is -1.57. The van der Waals surface area contributed by atoms with Crippen molar-refractivity contribution in [1.29, 1.82) is 0 Å². The number of allylic oxidation sites excluding steroid dienone is 1. The largest absolute Gasteiger partial charge is 0.504 e.